The highest BCUT2D eigenvalue weighted by Gasteiger charge is 2.11. The van der Waals surface area contributed by atoms with Gasteiger partial charge in [-0.3, -0.25) is 4.90 Å². The number of nitriles is 1. The van der Waals surface area contributed by atoms with E-state index in [-0.39, 0.29) is 0 Å². The molecule has 0 saturated carbocycles. The van der Waals surface area contributed by atoms with Crippen LogP contribution < -0.4 is 0 Å². The van der Waals surface area contributed by atoms with Crippen LogP contribution in [0.15, 0.2) is 24.4 Å². The molecule has 1 aliphatic heterocycles. The van der Waals surface area contributed by atoms with E-state index in [1.54, 1.807) is 0 Å². The Kier molecular flexibility index (Phi) is 3.49. The Morgan fingerprint density at radius 2 is 2.16 bits per heavy atom. The maximum absolute atomic E-state index is 8.98. The lowest BCUT2D eigenvalue weighted by Crippen LogP contribution is -2.37. The van der Waals surface area contributed by atoms with Gasteiger partial charge in [0, 0.05) is 36.7 Å². The van der Waals surface area contributed by atoms with Gasteiger partial charge in [-0.25, -0.2) is 0 Å². The van der Waals surface area contributed by atoms with Crippen LogP contribution >= 0.6 is 0 Å². The lowest BCUT2D eigenvalue weighted by Gasteiger charge is -2.26. The summed E-state index contributed by atoms with van der Waals surface area (Å²) in [5.41, 5.74) is 3.12. The van der Waals surface area contributed by atoms with Crippen molar-refractivity contribution in [2.45, 2.75) is 6.42 Å². The Labute approximate surface area is 112 Å². The summed E-state index contributed by atoms with van der Waals surface area (Å²) < 4.78 is 5.35. The number of hydrogen-bond donors (Lipinski definition) is 1. The number of aromatic nitrogens is 1. The topological polar surface area (TPSA) is 52.0 Å². The zero-order valence-electron chi connectivity index (χ0n) is 10.9. The van der Waals surface area contributed by atoms with Crippen molar-refractivity contribution in [2.24, 2.45) is 0 Å². The number of morpholine rings is 1. The number of fused-ring (bicyclic) bond motifs is 1. The first kappa shape index (κ1) is 12.2. The Morgan fingerprint density at radius 3 is 2.95 bits per heavy atom. The molecule has 1 N–H and O–H groups in total. The molecule has 0 spiro atoms. The van der Waals surface area contributed by atoms with Gasteiger partial charge in [0.1, 0.15) is 0 Å². The van der Waals surface area contributed by atoms with Gasteiger partial charge in [-0.15, -0.1) is 0 Å². The minimum atomic E-state index is 0.722. The summed E-state index contributed by atoms with van der Waals surface area (Å²) in [6, 6.07) is 8.00. The van der Waals surface area contributed by atoms with E-state index in [1.807, 2.05) is 18.2 Å². The van der Waals surface area contributed by atoms with Gasteiger partial charge >= 0.3 is 0 Å². The molecule has 1 aliphatic rings. The van der Waals surface area contributed by atoms with Crippen molar-refractivity contribution < 1.29 is 4.74 Å². The number of rotatable bonds is 3. The second-order valence-electron chi connectivity index (χ2n) is 4.89. The standard InChI is InChI=1S/C15H17N3O/c16-10-12-1-2-15-14(9-12)13(11-17-15)3-4-18-5-7-19-8-6-18/h1-2,9,11,17H,3-8H2. The molecule has 4 heteroatoms. The first-order chi connectivity index (χ1) is 9.36. The zero-order chi connectivity index (χ0) is 13.1. The van der Waals surface area contributed by atoms with Crippen LogP contribution in [0, 0.1) is 11.3 Å². The summed E-state index contributed by atoms with van der Waals surface area (Å²) in [5, 5.41) is 10.2. The lowest BCUT2D eigenvalue weighted by atomic mass is 10.1. The van der Waals surface area contributed by atoms with Crippen LogP contribution in [-0.2, 0) is 11.2 Å². The van der Waals surface area contributed by atoms with Crippen LogP contribution in [0.3, 0.4) is 0 Å². The van der Waals surface area contributed by atoms with Crippen molar-refractivity contribution >= 4 is 10.9 Å². The van der Waals surface area contributed by atoms with Crippen molar-refractivity contribution in [2.75, 3.05) is 32.8 Å². The maximum atomic E-state index is 8.98. The molecule has 0 amide bonds. The van der Waals surface area contributed by atoms with E-state index < -0.39 is 0 Å². The quantitative estimate of drug-likeness (QED) is 0.911. The predicted octanol–water partition coefficient (Wildman–Crippen LogP) is 1.91. The van der Waals surface area contributed by atoms with E-state index in [4.69, 9.17) is 10.00 Å². The van der Waals surface area contributed by atoms with Gasteiger partial charge in [-0.1, -0.05) is 0 Å². The molecule has 19 heavy (non-hydrogen) atoms. The fourth-order valence-electron chi connectivity index (χ4n) is 2.56. The first-order valence-electron chi connectivity index (χ1n) is 6.67. The average molecular weight is 255 g/mol. The number of H-pyrrole nitrogens is 1. The molecule has 2 heterocycles. The lowest BCUT2D eigenvalue weighted by molar-refractivity contribution is 0.0385. The number of nitrogens with zero attached hydrogens (tertiary/aromatic N) is 2. The van der Waals surface area contributed by atoms with Gasteiger partial charge < -0.3 is 9.72 Å². The second-order valence-corrected chi connectivity index (χ2v) is 4.89. The van der Waals surface area contributed by atoms with E-state index in [0.717, 1.165) is 50.3 Å². The SMILES string of the molecule is N#Cc1ccc2[nH]cc(CCN3CCOCC3)c2c1. The second kappa shape index (κ2) is 5.43. The van der Waals surface area contributed by atoms with Crippen molar-refractivity contribution in [3.63, 3.8) is 0 Å². The molecule has 3 rings (SSSR count). The predicted molar refractivity (Wildman–Crippen MR) is 74.0 cm³/mol. The Bertz CT molecular complexity index is 605. The summed E-state index contributed by atoms with van der Waals surface area (Å²) in [7, 11) is 0. The molecule has 1 aromatic heterocycles. The highest BCUT2D eigenvalue weighted by Crippen LogP contribution is 2.20. The van der Waals surface area contributed by atoms with Gasteiger partial charge in [-0.05, 0) is 30.2 Å². The van der Waals surface area contributed by atoms with E-state index in [2.05, 4.69) is 22.1 Å². The Morgan fingerprint density at radius 1 is 1.32 bits per heavy atom. The molecule has 1 aromatic carbocycles. The van der Waals surface area contributed by atoms with Crippen LogP contribution in [0.4, 0.5) is 0 Å². The van der Waals surface area contributed by atoms with E-state index in [0.29, 0.717) is 0 Å². The largest absolute Gasteiger partial charge is 0.379 e. The molecule has 0 bridgehead atoms. The van der Waals surface area contributed by atoms with Crippen LogP contribution in [0.25, 0.3) is 10.9 Å². The number of aromatic amines is 1. The highest BCUT2D eigenvalue weighted by molar-refractivity contribution is 5.84. The highest BCUT2D eigenvalue weighted by atomic mass is 16.5. The van der Waals surface area contributed by atoms with Gasteiger partial charge in [0.15, 0.2) is 0 Å². The summed E-state index contributed by atoms with van der Waals surface area (Å²) in [6.45, 7) is 4.77. The van der Waals surface area contributed by atoms with Crippen LogP contribution in [0.1, 0.15) is 11.1 Å². The van der Waals surface area contributed by atoms with E-state index in [9.17, 15) is 0 Å². The van der Waals surface area contributed by atoms with E-state index >= 15 is 0 Å². The fourth-order valence-corrected chi connectivity index (χ4v) is 2.56. The number of benzene rings is 1. The van der Waals surface area contributed by atoms with Gasteiger partial charge in [0.2, 0.25) is 0 Å². The zero-order valence-corrected chi connectivity index (χ0v) is 10.9. The molecule has 4 nitrogen and oxygen atoms in total. The first-order valence-corrected chi connectivity index (χ1v) is 6.67. The van der Waals surface area contributed by atoms with Gasteiger partial charge in [-0.2, -0.15) is 5.26 Å². The third-order valence-electron chi connectivity index (χ3n) is 3.70. The van der Waals surface area contributed by atoms with Crippen LogP contribution in [0.2, 0.25) is 0 Å². The van der Waals surface area contributed by atoms with Crippen LogP contribution in [0.5, 0.6) is 0 Å². The Hall–Kier alpha value is -1.83. The minimum Gasteiger partial charge on any atom is -0.379 e. The molecule has 0 atom stereocenters. The van der Waals surface area contributed by atoms with Crippen molar-refractivity contribution in [1.29, 1.82) is 5.26 Å². The summed E-state index contributed by atoms with van der Waals surface area (Å²) in [6.07, 6.45) is 3.07. The molecule has 0 radical (unpaired) electrons. The third kappa shape index (κ3) is 2.62. The van der Waals surface area contributed by atoms with Crippen molar-refractivity contribution in [3.8, 4) is 6.07 Å². The molecule has 98 valence electrons. The number of nitrogens with one attached hydrogen (secondary N) is 1. The van der Waals surface area contributed by atoms with Gasteiger partial charge in [0.25, 0.3) is 0 Å². The van der Waals surface area contributed by atoms with Crippen molar-refractivity contribution in [1.82, 2.24) is 9.88 Å². The van der Waals surface area contributed by atoms with Gasteiger partial charge in [0.05, 0.1) is 24.8 Å². The summed E-state index contributed by atoms with van der Waals surface area (Å²) >= 11 is 0. The third-order valence-corrected chi connectivity index (χ3v) is 3.70. The monoisotopic (exact) mass is 255 g/mol. The average Bonchev–Trinajstić information content (AvgIpc) is 2.88. The molecule has 1 saturated heterocycles. The molecular formula is C15H17N3O. The molecular weight excluding hydrogens is 238 g/mol. The molecule has 2 aromatic rings. The smallest absolute Gasteiger partial charge is 0.0991 e. The molecule has 1 fully saturated rings. The molecule has 0 aliphatic carbocycles. The summed E-state index contributed by atoms with van der Waals surface area (Å²) in [4.78, 5) is 5.70. The van der Waals surface area contributed by atoms with Crippen molar-refractivity contribution in [3.05, 3.63) is 35.5 Å². The Balaban J connectivity index is 1.75. The number of hydrogen-bond acceptors (Lipinski definition) is 3. The van der Waals surface area contributed by atoms with Crippen LogP contribution in [-0.4, -0.2) is 42.7 Å². The normalized spacial score (nSPS) is 16.6. The summed E-state index contributed by atoms with van der Waals surface area (Å²) in [5.74, 6) is 0. The fraction of sp³-hybridized carbons (Fsp3) is 0.400. The molecule has 0 unspecified atom stereocenters. The van der Waals surface area contributed by atoms with E-state index in [1.165, 1.54) is 10.9 Å². The minimum absolute atomic E-state index is 0.722. The number of ether oxygens (including phenoxy) is 1. The maximum Gasteiger partial charge on any atom is 0.0991 e.